The lowest BCUT2D eigenvalue weighted by atomic mass is 9.83. The van der Waals surface area contributed by atoms with Gasteiger partial charge in [0.25, 0.3) is 5.91 Å². The number of amides is 1. The molecule has 4 rings (SSSR count). The van der Waals surface area contributed by atoms with Gasteiger partial charge in [-0.05, 0) is 36.2 Å². The maximum atomic E-state index is 12.8. The van der Waals surface area contributed by atoms with E-state index < -0.39 is 14.6 Å². The van der Waals surface area contributed by atoms with E-state index in [1.165, 1.54) is 6.07 Å². The molecule has 1 amide bonds. The van der Waals surface area contributed by atoms with Crippen LogP contribution in [0.1, 0.15) is 27.9 Å². The smallest absolute Gasteiger partial charge is 0.253 e. The van der Waals surface area contributed by atoms with Gasteiger partial charge in [0.2, 0.25) is 0 Å². The van der Waals surface area contributed by atoms with Gasteiger partial charge in [0, 0.05) is 37.0 Å². The van der Waals surface area contributed by atoms with Gasteiger partial charge in [-0.3, -0.25) is 9.78 Å². The molecule has 1 spiro atoms. The zero-order valence-electron chi connectivity index (χ0n) is 15.8. The van der Waals surface area contributed by atoms with Gasteiger partial charge in [0.1, 0.15) is 4.75 Å². The van der Waals surface area contributed by atoms with Crippen LogP contribution in [0.15, 0.2) is 48.8 Å². The third-order valence-corrected chi connectivity index (χ3v) is 8.46. The van der Waals surface area contributed by atoms with E-state index in [0.717, 1.165) is 5.56 Å². The molecule has 1 aromatic carbocycles. The van der Waals surface area contributed by atoms with E-state index in [1.807, 2.05) is 18.2 Å². The largest absolute Gasteiger partial charge is 0.376 e. The van der Waals surface area contributed by atoms with Gasteiger partial charge in [0.15, 0.2) is 9.84 Å². The molecule has 0 unspecified atom stereocenters. The predicted octanol–water partition coefficient (Wildman–Crippen LogP) is 1.80. The van der Waals surface area contributed by atoms with Gasteiger partial charge < -0.3 is 9.64 Å². The molecule has 3 heterocycles. The first-order valence-electron chi connectivity index (χ1n) is 9.43. The Kier molecular flexibility index (Phi) is 5.11. The molecule has 2 aliphatic rings. The lowest BCUT2D eigenvalue weighted by molar-refractivity contribution is 0.0209. The van der Waals surface area contributed by atoms with Crippen molar-refractivity contribution in [3.63, 3.8) is 0 Å². The highest BCUT2D eigenvalue weighted by Crippen LogP contribution is 2.45. The Morgan fingerprint density at radius 2 is 2.14 bits per heavy atom. The first-order chi connectivity index (χ1) is 13.9. The lowest BCUT2D eigenvalue weighted by Gasteiger charge is -2.49. The van der Waals surface area contributed by atoms with Crippen LogP contribution in [0.2, 0.25) is 0 Å². The van der Waals surface area contributed by atoms with E-state index in [-0.39, 0.29) is 30.7 Å². The number of nitrogens with zero attached hydrogens (tertiary/aromatic N) is 3. The quantitative estimate of drug-likeness (QED) is 0.744. The number of benzene rings is 1. The van der Waals surface area contributed by atoms with Crippen LogP contribution in [0.25, 0.3) is 0 Å². The summed E-state index contributed by atoms with van der Waals surface area (Å²) in [6.45, 7) is 1.06. The zero-order valence-corrected chi connectivity index (χ0v) is 16.6. The molecule has 150 valence electrons. The van der Waals surface area contributed by atoms with Crippen LogP contribution in [0.3, 0.4) is 0 Å². The van der Waals surface area contributed by atoms with Crippen LogP contribution in [0, 0.1) is 17.2 Å². The van der Waals surface area contributed by atoms with Gasteiger partial charge in [-0.2, -0.15) is 5.26 Å². The van der Waals surface area contributed by atoms with Crippen LogP contribution < -0.4 is 0 Å². The molecule has 0 aliphatic carbocycles. The van der Waals surface area contributed by atoms with Crippen molar-refractivity contribution in [2.75, 3.05) is 25.4 Å². The Morgan fingerprint density at radius 1 is 1.31 bits per heavy atom. The standard InChI is InChI=1S/C21H21N3O4S/c22-10-16-3-1-5-18(9-16)20(25)24-14-21(15-24)19(6-8-29(21,26)27)13-28-12-17-4-2-7-23-11-17/h1-5,7,9,11,19H,6,8,12-15H2/t19-/m0/s1. The van der Waals surface area contributed by atoms with Crippen molar-refractivity contribution >= 4 is 15.7 Å². The second kappa shape index (κ2) is 7.58. The number of rotatable bonds is 5. The molecule has 2 fully saturated rings. The first-order valence-corrected chi connectivity index (χ1v) is 11.1. The second-order valence-corrected chi connectivity index (χ2v) is 10.1. The van der Waals surface area contributed by atoms with Crippen LogP contribution in [0.4, 0.5) is 0 Å². The molecule has 1 aromatic heterocycles. The highest BCUT2D eigenvalue weighted by atomic mass is 32.2. The Labute approximate surface area is 169 Å². The molecular formula is C21H21N3O4S. The number of carbonyl (C=O) groups excluding carboxylic acids is 1. The van der Waals surface area contributed by atoms with Gasteiger partial charge in [-0.1, -0.05) is 12.1 Å². The fourth-order valence-electron chi connectivity index (χ4n) is 4.16. The van der Waals surface area contributed by atoms with Crippen molar-refractivity contribution in [1.29, 1.82) is 5.26 Å². The summed E-state index contributed by atoms with van der Waals surface area (Å²) in [6, 6.07) is 12.2. The van der Waals surface area contributed by atoms with Crippen molar-refractivity contribution in [3.8, 4) is 6.07 Å². The molecule has 2 aliphatic heterocycles. The highest BCUT2D eigenvalue weighted by molar-refractivity contribution is 7.93. The number of ether oxygens (including phenoxy) is 1. The normalized spacial score (nSPS) is 21.5. The SMILES string of the molecule is N#Cc1cccc(C(=O)N2CC3(C2)[C@H](COCc2cccnc2)CCS3(=O)=O)c1. The van der Waals surface area contributed by atoms with E-state index in [2.05, 4.69) is 4.98 Å². The Bertz CT molecular complexity index is 1060. The van der Waals surface area contributed by atoms with E-state index >= 15 is 0 Å². The summed E-state index contributed by atoms with van der Waals surface area (Å²) >= 11 is 0. The molecule has 8 heteroatoms. The average Bonchev–Trinajstić information content (AvgIpc) is 2.97. The van der Waals surface area contributed by atoms with Crippen LogP contribution in [-0.2, 0) is 21.2 Å². The minimum absolute atomic E-state index is 0.125. The van der Waals surface area contributed by atoms with Crippen molar-refractivity contribution in [2.24, 2.45) is 5.92 Å². The lowest BCUT2D eigenvalue weighted by Crippen LogP contribution is -2.68. The summed E-state index contributed by atoms with van der Waals surface area (Å²) < 4.78 is 30.4. The number of pyridine rings is 1. The maximum absolute atomic E-state index is 12.8. The molecule has 2 saturated heterocycles. The van der Waals surface area contributed by atoms with E-state index in [1.54, 1.807) is 35.5 Å². The van der Waals surface area contributed by atoms with Gasteiger partial charge in [-0.25, -0.2) is 8.42 Å². The third-order valence-electron chi connectivity index (χ3n) is 5.85. The van der Waals surface area contributed by atoms with E-state index in [4.69, 9.17) is 10.00 Å². The predicted molar refractivity (Wildman–Crippen MR) is 106 cm³/mol. The summed E-state index contributed by atoms with van der Waals surface area (Å²) in [6.07, 6.45) is 3.95. The third kappa shape index (κ3) is 3.52. The molecule has 0 saturated carbocycles. The Hall–Kier alpha value is -2.76. The monoisotopic (exact) mass is 411 g/mol. The Morgan fingerprint density at radius 3 is 2.86 bits per heavy atom. The molecule has 0 radical (unpaired) electrons. The van der Waals surface area contributed by atoms with Crippen molar-refractivity contribution in [2.45, 2.75) is 17.8 Å². The minimum Gasteiger partial charge on any atom is -0.376 e. The van der Waals surface area contributed by atoms with Crippen LogP contribution in [0.5, 0.6) is 0 Å². The number of likely N-dealkylation sites (tertiary alicyclic amines) is 1. The molecule has 1 atom stereocenters. The summed E-state index contributed by atoms with van der Waals surface area (Å²) in [5.41, 5.74) is 1.74. The summed E-state index contributed by atoms with van der Waals surface area (Å²) in [7, 11) is -3.29. The average molecular weight is 411 g/mol. The number of sulfone groups is 1. The second-order valence-electron chi connectivity index (χ2n) is 7.60. The Balaban J connectivity index is 1.43. The first kappa shape index (κ1) is 19.6. The van der Waals surface area contributed by atoms with Crippen molar-refractivity contribution in [1.82, 2.24) is 9.88 Å². The molecule has 0 N–H and O–H groups in total. The number of carbonyl (C=O) groups is 1. The zero-order chi connectivity index (χ0) is 20.5. The molecule has 0 bridgehead atoms. The summed E-state index contributed by atoms with van der Waals surface area (Å²) in [5, 5.41) is 9.02. The number of aromatic nitrogens is 1. The molecule has 2 aromatic rings. The van der Waals surface area contributed by atoms with E-state index in [9.17, 15) is 13.2 Å². The molecular weight excluding hydrogens is 390 g/mol. The van der Waals surface area contributed by atoms with Gasteiger partial charge in [0.05, 0.1) is 30.6 Å². The molecule has 29 heavy (non-hydrogen) atoms. The van der Waals surface area contributed by atoms with Gasteiger partial charge >= 0.3 is 0 Å². The fraction of sp³-hybridized carbons (Fsp3) is 0.381. The topological polar surface area (TPSA) is 100 Å². The van der Waals surface area contributed by atoms with Gasteiger partial charge in [-0.15, -0.1) is 0 Å². The van der Waals surface area contributed by atoms with Crippen molar-refractivity contribution < 1.29 is 17.9 Å². The minimum atomic E-state index is -3.29. The highest BCUT2D eigenvalue weighted by Gasteiger charge is 2.62. The summed E-state index contributed by atoms with van der Waals surface area (Å²) in [5.74, 6) is -0.261. The van der Waals surface area contributed by atoms with Crippen molar-refractivity contribution in [3.05, 3.63) is 65.5 Å². The van der Waals surface area contributed by atoms with Crippen LogP contribution in [-0.4, -0.2) is 54.4 Å². The summed E-state index contributed by atoms with van der Waals surface area (Å²) in [4.78, 5) is 18.3. The number of hydrogen-bond acceptors (Lipinski definition) is 6. The number of nitriles is 1. The molecule has 7 nitrogen and oxygen atoms in total. The fourth-order valence-corrected chi connectivity index (χ4v) is 6.56. The number of hydrogen-bond donors (Lipinski definition) is 0. The van der Waals surface area contributed by atoms with E-state index in [0.29, 0.717) is 30.8 Å². The van der Waals surface area contributed by atoms with Crippen LogP contribution >= 0.6 is 0 Å². The maximum Gasteiger partial charge on any atom is 0.253 e.